The summed E-state index contributed by atoms with van der Waals surface area (Å²) in [6, 6.07) is 10.7. The van der Waals surface area contributed by atoms with Gasteiger partial charge in [-0.1, -0.05) is 6.07 Å². The summed E-state index contributed by atoms with van der Waals surface area (Å²) in [5, 5.41) is 4.32. The molecule has 4 aromatic rings. The number of halogens is 5. The molecule has 13 heteroatoms. The molecule has 2 N–H and O–H groups in total. The van der Waals surface area contributed by atoms with Crippen molar-refractivity contribution in [2.45, 2.75) is 6.36 Å². The number of nitrogens with zero attached hydrogens (tertiary/aromatic N) is 4. The van der Waals surface area contributed by atoms with Crippen LogP contribution in [0.1, 0.15) is 5.69 Å². The number of aromatic nitrogens is 3. The van der Waals surface area contributed by atoms with E-state index in [4.69, 9.17) is 10.5 Å². The van der Waals surface area contributed by atoms with Gasteiger partial charge in [0.2, 0.25) is 5.43 Å². The summed E-state index contributed by atoms with van der Waals surface area (Å²) < 4.78 is 76.6. The molecule has 0 amide bonds. The Morgan fingerprint density at radius 2 is 1.82 bits per heavy atom. The van der Waals surface area contributed by atoms with Gasteiger partial charge in [0.25, 0.3) is 0 Å². The molecule has 38 heavy (non-hydrogen) atoms. The number of nitrogens with two attached hydrogens (primary N) is 1. The highest BCUT2D eigenvalue weighted by Gasteiger charge is 2.31. The van der Waals surface area contributed by atoms with Gasteiger partial charge in [0, 0.05) is 42.5 Å². The van der Waals surface area contributed by atoms with E-state index in [-0.39, 0.29) is 22.8 Å². The second kappa shape index (κ2) is 10.6. The van der Waals surface area contributed by atoms with Crippen molar-refractivity contribution >= 4 is 11.4 Å². The zero-order valence-electron chi connectivity index (χ0n) is 19.5. The van der Waals surface area contributed by atoms with Gasteiger partial charge in [-0.05, 0) is 36.5 Å². The number of benzene rings is 2. The third-order valence-corrected chi connectivity index (χ3v) is 5.05. The smallest absolute Gasteiger partial charge is 0.494 e. The van der Waals surface area contributed by atoms with Crippen LogP contribution >= 0.6 is 0 Å². The Bertz CT molecular complexity index is 1570. The summed E-state index contributed by atoms with van der Waals surface area (Å²) in [5.74, 6) is -2.28. The van der Waals surface area contributed by atoms with E-state index in [9.17, 15) is 26.7 Å². The standard InChI is InChI=1S/C25H18F5N5O3/c1-37-23-12-16(34-13-18(26)19(27)14-34)5-6-21(23)35-10-8-22(36)24(33-35)20(7-9-31)32-15-3-2-4-17(11-15)38-25(28,29)30/h2-14H,31H2,1H3. The molecule has 2 aromatic heterocycles. The molecule has 2 heterocycles. The predicted octanol–water partition coefficient (Wildman–Crippen LogP) is 4.80. The number of aliphatic imine (C=N–C) groups is 1. The molecule has 0 saturated heterocycles. The minimum atomic E-state index is -4.89. The van der Waals surface area contributed by atoms with Crippen molar-refractivity contribution in [3.63, 3.8) is 0 Å². The number of hydrogen-bond donors (Lipinski definition) is 1. The molecular formula is C25H18F5N5O3. The first-order valence-corrected chi connectivity index (χ1v) is 10.7. The Hall–Kier alpha value is -4.94. The molecule has 2 aromatic carbocycles. The Kier molecular flexibility index (Phi) is 7.28. The van der Waals surface area contributed by atoms with Crippen molar-refractivity contribution in [1.82, 2.24) is 14.3 Å². The van der Waals surface area contributed by atoms with Crippen molar-refractivity contribution in [2.75, 3.05) is 7.11 Å². The maximum absolute atomic E-state index is 13.5. The van der Waals surface area contributed by atoms with E-state index in [0.29, 0.717) is 11.4 Å². The van der Waals surface area contributed by atoms with Crippen molar-refractivity contribution in [3.05, 3.63) is 107 Å². The number of hydrogen-bond acceptors (Lipinski definition) is 6. The van der Waals surface area contributed by atoms with Crippen LogP contribution in [-0.4, -0.2) is 33.5 Å². The Labute approximate surface area is 211 Å². The lowest BCUT2D eigenvalue weighted by Crippen LogP contribution is -2.20. The molecule has 0 bridgehead atoms. The van der Waals surface area contributed by atoms with Gasteiger partial charge in [-0.15, -0.1) is 13.2 Å². The molecule has 0 radical (unpaired) electrons. The average Bonchev–Trinajstić information content (AvgIpc) is 3.21. The summed E-state index contributed by atoms with van der Waals surface area (Å²) in [7, 11) is 1.38. The summed E-state index contributed by atoms with van der Waals surface area (Å²) >= 11 is 0. The minimum Gasteiger partial charge on any atom is -0.494 e. The van der Waals surface area contributed by atoms with Crippen LogP contribution in [-0.2, 0) is 0 Å². The summed E-state index contributed by atoms with van der Waals surface area (Å²) in [5.41, 5.74) is 5.56. The number of rotatable bonds is 7. The number of ether oxygens (including phenoxy) is 2. The Morgan fingerprint density at radius 1 is 1.08 bits per heavy atom. The van der Waals surface area contributed by atoms with E-state index in [0.717, 1.165) is 30.7 Å². The highest BCUT2D eigenvalue weighted by Crippen LogP contribution is 2.28. The molecule has 0 saturated carbocycles. The topological polar surface area (TPSA) is 96.7 Å². The lowest BCUT2D eigenvalue weighted by atomic mass is 10.2. The molecule has 0 aliphatic heterocycles. The highest BCUT2D eigenvalue weighted by molar-refractivity contribution is 6.08. The third kappa shape index (κ3) is 5.88. The molecule has 0 fully saturated rings. The van der Waals surface area contributed by atoms with E-state index >= 15 is 0 Å². The predicted molar refractivity (Wildman–Crippen MR) is 128 cm³/mol. The van der Waals surface area contributed by atoms with Gasteiger partial charge in [-0.3, -0.25) is 4.79 Å². The lowest BCUT2D eigenvalue weighted by molar-refractivity contribution is -0.274. The van der Waals surface area contributed by atoms with Crippen LogP contribution in [0.4, 0.5) is 27.6 Å². The molecule has 0 spiro atoms. The van der Waals surface area contributed by atoms with Crippen molar-refractivity contribution in [3.8, 4) is 22.9 Å². The largest absolute Gasteiger partial charge is 0.573 e. The molecule has 4 rings (SSSR count). The fourth-order valence-electron chi connectivity index (χ4n) is 3.44. The molecule has 0 aliphatic carbocycles. The quantitative estimate of drug-likeness (QED) is 0.273. The highest BCUT2D eigenvalue weighted by atomic mass is 19.4. The van der Waals surface area contributed by atoms with Crippen molar-refractivity contribution in [2.24, 2.45) is 10.7 Å². The van der Waals surface area contributed by atoms with Gasteiger partial charge in [0.1, 0.15) is 17.2 Å². The average molecular weight is 531 g/mol. The van der Waals surface area contributed by atoms with Crippen molar-refractivity contribution < 1.29 is 31.4 Å². The normalized spacial score (nSPS) is 12.2. The summed E-state index contributed by atoms with van der Waals surface area (Å²) in [6.45, 7) is 0. The number of alkyl halides is 3. The van der Waals surface area contributed by atoms with Gasteiger partial charge in [-0.2, -0.15) is 5.10 Å². The van der Waals surface area contributed by atoms with Crippen LogP contribution in [0.2, 0.25) is 0 Å². The maximum atomic E-state index is 13.5. The zero-order valence-corrected chi connectivity index (χ0v) is 19.5. The first-order valence-electron chi connectivity index (χ1n) is 10.7. The van der Waals surface area contributed by atoms with Gasteiger partial charge < -0.3 is 19.8 Å². The molecule has 0 aliphatic rings. The first-order chi connectivity index (χ1) is 18.1. The van der Waals surface area contributed by atoms with Gasteiger partial charge in [0.15, 0.2) is 17.3 Å². The van der Waals surface area contributed by atoms with Crippen LogP contribution in [0.25, 0.3) is 11.4 Å². The van der Waals surface area contributed by atoms with Crippen LogP contribution in [0.5, 0.6) is 11.5 Å². The fraction of sp³-hybridized carbons (Fsp3) is 0.0800. The molecule has 8 nitrogen and oxygen atoms in total. The second-order valence-corrected chi connectivity index (χ2v) is 7.59. The molecule has 196 valence electrons. The van der Waals surface area contributed by atoms with Crippen LogP contribution in [0.15, 0.2) is 89.2 Å². The van der Waals surface area contributed by atoms with Gasteiger partial charge in [0.05, 0.1) is 18.5 Å². The SMILES string of the molecule is COc1cc(-n2cc(F)c(F)c2)ccc1-n1ccc(=O)c(C(C=CN)=Nc2cccc(OC(F)(F)F)c2)n1. The maximum Gasteiger partial charge on any atom is 0.573 e. The zero-order chi connectivity index (χ0) is 27.4. The van der Waals surface area contributed by atoms with Gasteiger partial charge in [-0.25, -0.2) is 18.5 Å². The lowest BCUT2D eigenvalue weighted by Gasteiger charge is -2.14. The van der Waals surface area contributed by atoms with E-state index in [1.54, 1.807) is 12.1 Å². The van der Waals surface area contributed by atoms with Crippen molar-refractivity contribution in [1.29, 1.82) is 0 Å². The molecule has 0 atom stereocenters. The first kappa shape index (κ1) is 26.1. The summed E-state index contributed by atoms with van der Waals surface area (Å²) in [4.78, 5) is 16.9. The Balaban J connectivity index is 1.76. The summed E-state index contributed by atoms with van der Waals surface area (Å²) in [6.07, 6.45) is 0.764. The fourth-order valence-corrected chi connectivity index (χ4v) is 3.44. The second-order valence-electron chi connectivity index (χ2n) is 7.59. The van der Waals surface area contributed by atoms with E-state index < -0.39 is 29.2 Å². The number of methoxy groups -OCH3 is 1. The number of allylic oxidation sites excluding steroid dienone is 1. The van der Waals surface area contributed by atoms with Gasteiger partial charge >= 0.3 is 6.36 Å². The Morgan fingerprint density at radius 3 is 2.47 bits per heavy atom. The van der Waals surface area contributed by atoms with E-state index in [1.165, 1.54) is 52.9 Å². The van der Waals surface area contributed by atoms with Crippen LogP contribution < -0.4 is 20.6 Å². The van der Waals surface area contributed by atoms with Crippen LogP contribution in [0, 0.1) is 11.6 Å². The van der Waals surface area contributed by atoms with Crippen LogP contribution in [0.3, 0.4) is 0 Å². The van der Waals surface area contributed by atoms with E-state index in [1.807, 2.05) is 0 Å². The molecular weight excluding hydrogens is 513 g/mol. The molecule has 0 unspecified atom stereocenters. The minimum absolute atomic E-state index is 0.0371. The third-order valence-electron chi connectivity index (χ3n) is 5.05. The van der Waals surface area contributed by atoms with E-state index in [2.05, 4.69) is 14.8 Å². The monoisotopic (exact) mass is 531 g/mol.